The smallest absolute Gasteiger partial charge is 0.352 e. The number of benzene rings is 2. The number of halogens is 5. The van der Waals surface area contributed by atoms with Gasteiger partial charge in [-0.05, 0) is 36.8 Å². The summed E-state index contributed by atoms with van der Waals surface area (Å²) in [5.74, 6) is -0.750. The predicted octanol–water partition coefficient (Wildman–Crippen LogP) is 5.03. The van der Waals surface area contributed by atoms with E-state index in [9.17, 15) is 26.4 Å². The van der Waals surface area contributed by atoms with Crippen LogP contribution in [0.2, 0.25) is 10.0 Å². The molecule has 0 saturated carbocycles. The summed E-state index contributed by atoms with van der Waals surface area (Å²) in [6.07, 6.45) is -5.04. The SMILES string of the molecule is C=C(CCNC(=O)c1ccccc1NS(=O)(=O)c1ccc(Cl)cc1Cl)C(F)(F)F. The molecule has 5 nitrogen and oxygen atoms in total. The molecule has 0 aromatic heterocycles. The third-order valence-corrected chi connectivity index (χ3v) is 5.80. The molecule has 11 heteroatoms. The fourth-order valence-electron chi connectivity index (χ4n) is 2.23. The Kier molecular flexibility index (Phi) is 7.20. The summed E-state index contributed by atoms with van der Waals surface area (Å²) < 4.78 is 64.9. The van der Waals surface area contributed by atoms with E-state index in [0.717, 1.165) is 0 Å². The average molecular weight is 467 g/mol. The van der Waals surface area contributed by atoms with Gasteiger partial charge in [-0.15, -0.1) is 0 Å². The Bertz CT molecular complexity index is 1040. The molecule has 2 N–H and O–H groups in total. The lowest BCUT2D eigenvalue weighted by atomic mass is 10.1. The lowest BCUT2D eigenvalue weighted by molar-refractivity contribution is -0.0934. The molecule has 0 aliphatic carbocycles. The van der Waals surface area contributed by atoms with Crippen LogP contribution in [-0.2, 0) is 10.0 Å². The van der Waals surface area contributed by atoms with Crippen molar-refractivity contribution in [1.82, 2.24) is 5.32 Å². The Hall–Kier alpha value is -2.23. The number of carbonyl (C=O) groups is 1. The molecule has 29 heavy (non-hydrogen) atoms. The van der Waals surface area contributed by atoms with Gasteiger partial charge in [-0.1, -0.05) is 41.9 Å². The van der Waals surface area contributed by atoms with Crippen LogP contribution in [0.3, 0.4) is 0 Å². The van der Waals surface area contributed by atoms with E-state index in [2.05, 4.69) is 16.6 Å². The highest BCUT2D eigenvalue weighted by Crippen LogP contribution is 2.28. The van der Waals surface area contributed by atoms with Crippen molar-refractivity contribution in [2.45, 2.75) is 17.5 Å². The van der Waals surface area contributed by atoms with E-state index < -0.39 is 34.1 Å². The topological polar surface area (TPSA) is 75.3 Å². The second-order valence-corrected chi connectivity index (χ2v) is 8.33. The quantitative estimate of drug-likeness (QED) is 0.561. The van der Waals surface area contributed by atoms with Crippen LogP contribution in [-0.4, -0.2) is 27.0 Å². The van der Waals surface area contributed by atoms with E-state index in [1.807, 2.05) is 0 Å². The summed E-state index contributed by atoms with van der Waals surface area (Å²) in [5, 5.41) is 2.44. The van der Waals surface area contributed by atoms with Crippen molar-refractivity contribution in [1.29, 1.82) is 0 Å². The largest absolute Gasteiger partial charge is 0.412 e. The Balaban J connectivity index is 2.18. The number of nitrogens with one attached hydrogen (secondary N) is 2. The molecule has 2 aromatic carbocycles. The molecule has 0 radical (unpaired) electrons. The minimum Gasteiger partial charge on any atom is -0.352 e. The van der Waals surface area contributed by atoms with Crippen LogP contribution in [0.15, 0.2) is 59.5 Å². The van der Waals surface area contributed by atoms with Crippen molar-refractivity contribution in [3.63, 3.8) is 0 Å². The number of amides is 1. The van der Waals surface area contributed by atoms with Crippen molar-refractivity contribution >= 4 is 44.8 Å². The Morgan fingerprint density at radius 1 is 1.10 bits per heavy atom. The third-order valence-electron chi connectivity index (χ3n) is 3.71. The average Bonchev–Trinajstić information content (AvgIpc) is 2.60. The maximum absolute atomic E-state index is 12.6. The molecule has 0 saturated heterocycles. The van der Waals surface area contributed by atoms with E-state index in [1.165, 1.54) is 42.5 Å². The molecule has 0 fully saturated rings. The van der Waals surface area contributed by atoms with E-state index in [0.29, 0.717) is 0 Å². The molecule has 0 spiro atoms. The summed E-state index contributed by atoms with van der Waals surface area (Å²) in [7, 11) is -4.15. The van der Waals surface area contributed by atoms with Gasteiger partial charge in [0.25, 0.3) is 15.9 Å². The standard InChI is InChI=1S/C18H15Cl2F3N2O3S/c1-11(18(21,22)23)8-9-24-17(26)13-4-2-3-5-15(13)25-29(27,28)16-7-6-12(19)10-14(16)20/h2-7,10,25H,1,8-9H2,(H,24,26). The van der Waals surface area contributed by atoms with Gasteiger partial charge in [0.05, 0.1) is 16.3 Å². The zero-order chi connectivity index (χ0) is 21.8. The molecule has 2 aromatic rings. The van der Waals surface area contributed by atoms with Crippen molar-refractivity contribution in [2.24, 2.45) is 0 Å². The molecule has 0 aliphatic heterocycles. The number of carbonyl (C=O) groups excluding carboxylic acids is 1. The maximum atomic E-state index is 12.6. The molecular weight excluding hydrogens is 452 g/mol. The summed E-state index contributed by atoms with van der Waals surface area (Å²) in [6, 6.07) is 9.44. The Labute approximate surface area is 175 Å². The summed E-state index contributed by atoms with van der Waals surface area (Å²) in [4.78, 5) is 12.1. The van der Waals surface area contributed by atoms with Crippen LogP contribution >= 0.6 is 23.2 Å². The van der Waals surface area contributed by atoms with Crippen molar-refractivity contribution < 1.29 is 26.4 Å². The van der Waals surface area contributed by atoms with Gasteiger partial charge in [-0.2, -0.15) is 13.2 Å². The molecule has 0 bridgehead atoms. The van der Waals surface area contributed by atoms with Crippen LogP contribution in [0.4, 0.5) is 18.9 Å². The first-order chi connectivity index (χ1) is 13.4. The number of para-hydroxylation sites is 1. The monoisotopic (exact) mass is 466 g/mol. The Morgan fingerprint density at radius 3 is 2.38 bits per heavy atom. The van der Waals surface area contributed by atoms with Gasteiger partial charge in [0.2, 0.25) is 0 Å². The minimum absolute atomic E-state index is 0.0642. The maximum Gasteiger partial charge on any atom is 0.412 e. The third kappa shape index (κ3) is 6.12. The first-order valence-corrected chi connectivity index (χ1v) is 10.3. The van der Waals surface area contributed by atoms with Crippen LogP contribution in [0.1, 0.15) is 16.8 Å². The number of hydrogen-bond acceptors (Lipinski definition) is 3. The molecular formula is C18H15Cl2F3N2O3S. The van der Waals surface area contributed by atoms with Gasteiger partial charge >= 0.3 is 6.18 Å². The van der Waals surface area contributed by atoms with Crippen LogP contribution in [0.5, 0.6) is 0 Å². The van der Waals surface area contributed by atoms with Crippen molar-refractivity contribution in [3.8, 4) is 0 Å². The summed E-state index contributed by atoms with van der Waals surface area (Å²) in [6.45, 7) is 2.60. The number of alkyl halides is 3. The zero-order valence-electron chi connectivity index (χ0n) is 14.7. The number of hydrogen-bond donors (Lipinski definition) is 2. The van der Waals surface area contributed by atoms with E-state index in [4.69, 9.17) is 23.2 Å². The molecule has 0 heterocycles. The molecule has 0 atom stereocenters. The second kappa shape index (κ2) is 9.06. The molecule has 0 aliphatic rings. The number of rotatable bonds is 7. The lowest BCUT2D eigenvalue weighted by Crippen LogP contribution is -2.27. The van der Waals surface area contributed by atoms with Gasteiger partial charge in [-0.3, -0.25) is 9.52 Å². The molecule has 2 rings (SSSR count). The predicted molar refractivity (Wildman–Crippen MR) is 106 cm³/mol. The minimum atomic E-state index is -4.55. The zero-order valence-corrected chi connectivity index (χ0v) is 17.0. The Morgan fingerprint density at radius 2 is 1.76 bits per heavy atom. The van der Waals surface area contributed by atoms with Gasteiger partial charge in [0.1, 0.15) is 4.90 Å². The lowest BCUT2D eigenvalue weighted by Gasteiger charge is -2.14. The van der Waals surface area contributed by atoms with Gasteiger partial charge < -0.3 is 5.32 Å². The van der Waals surface area contributed by atoms with Crippen LogP contribution < -0.4 is 10.0 Å². The normalized spacial score (nSPS) is 11.8. The molecule has 0 unspecified atom stereocenters. The highest BCUT2D eigenvalue weighted by molar-refractivity contribution is 7.92. The first-order valence-electron chi connectivity index (χ1n) is 8.02. The van der Waals surface area contributed by atoms with Crippen LogP contribution in [0.25, 0.3) is 0 Å². The summed E-state index contributed by atoms with van der Waals surface area (Å²) in [5.41, 5.74) is -1.12. The highest BCUT2D eigenvalue weighted by Gasteiger charge is 2.31. The van der Waals surface area contributed by atoms with Crippen molar-refractivity contribution in [2.75, 3.05) is 11.3 Å². The molecule has 1 amide bonds. The van der Waals surface area contributed by atoms with E-state index >= 15 is 0 Å². The van der Waals surface area contributed by atoms with E-state index in [-0.39, 0.29) is 32.7 Å². The van der Waals surface area contributed by atoms with Gasteiger partial charge in [0.15, 0.2) is 0 Å². The first kappa shape index (κ1) is 23.1. The van der Waals surface area contributed by atoms with Gasteiger partial charge in [0, 0.05) is 17.1 Å². The summed E-state index contributed by atoms with van der Waals surface area (Å²) >= 11 is 11.7. The fraction of sp³-hybridized carbons (Fsp3) is 0.167. The van der Waals surface area contributed by atoms with E-state index in [1.54, 1.807) is 0 Å². The highest BCUT2D eigenvalue weighted by atomic mass is 35.5. The number of anilines is 1. The van der Waals surface area contributed by atoms with Crippen molar-refractivity contribution in [3.05, 3.63) is 70.2 Å². The molecule has 156 valence electrons. The second-order valence-electron chi connectivity index (χ2n) is 5.83. The fourth-order valence-corrected chi connectivity index (χ4v) is 4.08. The number of sulfonamides is 1. The van der Waals surface area contributed by atoms with Crippen LogP contribution in [0, 0.1) is 0 Å². The van der Waals surface area contributed by atoms with Gasteiger partial charge in [-0.25, -0.2) is 8.42 Å².